The number of carbonyl (C=O) groups is 2. The van der Waals surface area contributed by atoms with Crippen molar-refractivity contribution < 1.29 is 14.3 Å². The second kappa shape index (κ2) is 9.45. The lowest BCUT2D eigenvalue weighted by molar-refractivity contribution is 0.0489. The van der Waals surface area contributed by atoms with Crippen molar-refractivity contribution in [1.29, 1.82) is 0 Å². The summed E-state index contributed by atoms with van der Waals surface area (Å²) >= 11 is 6.33. The number of aromatic nitrogens is 1. The van der Waals surface area contributed by atoms with Crippen LogP contribution in [0.5, 0.6) is 0 Å². The summed E-state index contributed by atoms with van der Waals surface area (Å²) in [6, 6.07) is -0.763. The summed E-state index contributed by atoms with van der Waals surface area (Å²) < 4.78 is 5.32. The van der Waals surface area contributed by atoms with Crippen molar-refractivity contribution in [3.05, 3.63) is 16.1 Å². The molecule has 2 amide bonds. The number of nitrogens with two attached hydrogens (primary N) is 1. The summed E-state index contributed by atoms with van der Waals surface area (Å²) in [4.78, 5) is 29.2. The van der Waals surface area contributed by atoms with Crippen LogP contribution in [0.3, 0.4) is 0 Å². The van der Waals surface area contributed by atoms with Gasteiger partial charge in [-0.25, -0.2) is 9.78 Å². The minimum Gasteiger partial charge on any atom is -0.444 e. The second-order valence-corrected chi connectivity index (χ2v) is 9.40. The molecule has 0 aliphatic heterocycles. The Hall–Kier alpha value is -1.74. The molecule has 1 heterocycles. The van der Waals surface area contributed by atoms with E-state index in [2.05, 4.69) is 15.6 Å². The standard InChI is InChI=1S/C18H30N4O3S2/c1-9(2)12(14(19)26)21-15(23)11-8-27-16(20-11)13(10(3)4)22-17(24)25-18(5,6)7/h8-10,12-13H,1-7H3,(H2,19,26)(H,21,23)(H,22,24)/t12-,13-/m0/s1. The fourth-order valence-electron chi connectivity index (χ4n) is 2.26. The molecular formula is C18H30N4O3S2. The zero-order valence-electron chi connectivity index (χ0n) is 17.0. The van der Waals surface area contributed by atoms with Crippen LogP contribution in [0.25, 0.3) is 0 Å². The predicted molar refractivity (Wildman–Crippen MR) is 112 cm³/mol. The van der Waals surface area contributed by atoms with Crippen LogP contribution in [-0.4, -0.2) is 33.6 Å². The number of nitrogens with zero attached hydrogens (tertiary/aromatic N) is 1. The lowest BCUT2D eigenvalue weighted by Crippen LogP contribution is -2.46. The maximum absolute atomic E-state index is 12.5. The SMILES string of the molecule is CC(C)[C@H](NC(=O)c1csc([C@@H](NC(=O)OC(C)(C)C)C(C)C)n1)C(N)=S. The highest BCUT2D eigenvalue weighted by Gasteiger charge is 2.27. The average Bonchev–Trinajstić information content (AvgIpc) is 2.96. The largest absolute Gasteiger partial charge is 0.444 e. The molecule has 27 heavy (non-hydrogen) atoms. The highest BCUT2D eigenvalue weighted by atomic mass is 32.1. The van der Waals surface area contributed by atoms with Crippen molar-refractivity contribution in [2.45, 2.75) is 66.2 Å². The van der Waals surface area contributed by atoms with Crippen LogP contribution in [0.4, 0.5) is 4.79 Å². The number of thiocarbonyl (C=S) groups is 1. The molecule has 152 valence electrons. The van der Waals surface area contributed by atoms with E-state index in [0.717, 1.165) is 0 Å². The molecule has 0 unspecified atom stereocenters. The molecule has 4 N–H and O–H groups in total. The summed E-state index contributed by atoms with van der Waals surface area (Å²) in [5.74, 6) is -0.204. The molecule has 0 radical (unpaired) electrons. The zero-order valence-corrected chi connectivity index (χ0v) is 18.6. The molecule has 0 bridgehead atoms. The van der Waals surface area contributed by atoms with Gasteiger partial charge in [0.2, 0.25) is 0 Å². The number of rotatable bonds is 7. The number of amides is 2. The minimum atomic E-state index is -0.591. The normalized spacial score (nSPS) is 14.0. The third kappa shape index (κ3) is 7.42. The molecular weight excluding hydrogens is 384 g/mol. The van der Waals surface area contributed by atoms with Gasteiger partial charge in [0.1, 0.15) is 16.3 Å². The van der Waals surface area contributed by atoms with Crippen LogP contribution in [0, 0.1) is 11.8 Å². The van der Waals surface area contributed by atoms with Gasteiger partial charge >= 0.3 is 6.09 Å². The third-order valence-corrected chi connectivity index (χ3v) is 4.80. The maximum Gasteiger partial charge on any atom is 0.408 e. The predicted octanol–water partition coefficient (Wildman–Crippen LogP) is 3.41. The van der Waals surface area contributed by atoms with Gasteiger partial charge in [0.05, 0.1) is 17.1 Å². The highest BCUT2D eigenvalue weighted by Crippen LogP contribution is 2.26. The number of alkyl carbamates (subject to hydrolysis) is 1. The topological polar surface area (TPSA) is 106 Å². The smallest absolute Gasteiger partial charge is 0.408 e. The van der Waals surface area contributed by atoms with E-state index >= 15 is 0 Å². The molecule has 0 saturated heterocycles. The molecule has 2 atom stereocenters. The fourth-order valence-corrected chi connectivity index (χ4v) is 3.62. The Labute approximate surface area is 170 Å². The molecule has 0 spiro atoms. The van der Waals surface area contributed by atoms with E-state index in [1.54, 1.807) is 26.2 Å². The maximum atomic E-state index is 12.5. The molecule has 0 aromatic carbocycles. The first-order valence-corrected chi connectivity index (χ1v) is 10.2. The van der Waals surface area contributed by atoms with Crippen LogP contribution >= 0.6 is 23.6 Å². The van der Waals surface area contributed by atoms with Crippen LogP contribution in [0.1, 0.15) is 70.0 Å². The van der Waals surface area contributed by atoms with E-state index in [-0.39, 0.29) is 34.5 Å². The van der Waals surface area contributed by atoms with Crippen LogP contribution in [0.2, 0.25) is 0 Å². The molecule has 1 aromatic heterocycles. The Morgan fingerprint density at radius 3 is 2.22 bits per heavy atom. The van der Waals surface area contributed by atoms with Gasteiger partial charge in [0, 0.05) is 5.38 Å². The first-order chi connectivity index (χ1) is 12.3. The van der Waals surface area contributed by atoms with E-state index in [9.17, 15) is 9.59 Å². The molecule has 1 rings (SSSR count). The molecule has 9 heteroatoms. The van der Waals surface area contributed by atoms with Gasteiger partial charge < -0.3 is 21.1 Å². The van der Waals surface area contributed by atoms with E-state index in [0.29, 0.717) is 5.01 Å². The lowest BCUT2D eigenvalue weighted by Gasteiger charge is -2.24. The molecule has 0 aliphatic carbocycles. The van der Waals surface area contributed by atoms with E-state index in [1.807, 2.05) is 27.7 Å². The summed E-state index contributed by atoms with van der Waals surface area (Å²) in [6.07, 6.45) is -0.518. The highest BCUT2D eigenvalue weighted by molar-refractivity contribution is 7.80. The fraction of sp³-hybridized carbons (Fsp3) is 0.667. The van der Waals surface area contributed by atoms with Crippen molar-refractivity contribution >= 4 is 40.5 Å². The van der Waals surface area contributed by atoms with Gasteiger partial charge in [0.25, 0.3) is 5.91 Å². The van der Waals surface area contributed by atoms with E-state index < -0.39 is 17.7 Å². The Morgan fingerprint density at radius 1 is 1.19 bits per heavy atom. The minimum absolute atomic E-state index is 0.0691. The van der Waals surface area contributed by atoms with Crippen LogP contribution in [0.15, 0.2) is 5.38 Å². The second-order valence-electron chi connectivity index (χ2n) is 8.04. The van der Waals surface area contributed by atoms with Crippen LogP contribution < -0.4 is 16.4 Å². The summed E-state index contributed by atoms with van der Waals surface area (Å²) in [5, 5.41) is 7.94. The van der Waals surface area contributed by atoms with Gasteiger partial charge in [0.15, 0.2) is 0 Å². The molecule has 1 aromatic rings. The van der Waals surface area contributed by atoms with E-state index in [1.165, 1.54) is 11.3 Å². The first-order valence-electron chi connectivity index (χ1n) is 8.87. The number of carbonyl (C=O) groups excluding carboxylic acids is 2. The lowest BCUT2D eigenvalue weighted by atomic mass is 10.0. The van der Waals surface area contributed by atoms with E-state index in [4.69, 9.17) is 22.7 Å². The summed E-state index contributed by atoms with van der Waals surface area (Å²) in [7, 11) is 0. The van der Waals surface area contributed by atoms with Crippen molar-refractivity contribution in [2.75, 3.05) is 0 Å². The molecule has 0 aliphatic rings. The van der Waals surface area contributed by atoms with Gasteiger partial charge in [-0.3, -0.25) is 4.79 Å². The van der Waals surface area contributed by atoms with Crippen LogP contribution in [-0.2, 0) is 4.74 Å². The molecule has 0 fully saturated rings. The summed E-state index contributed by atoms with van der Waals surface area (Å²) in [5.41, 5.74) is 5.38. The van der Waals surface area contributed by atoms with Gasteiger partial charge in [-0.1, -0.05) is 39.9 Å². The zero-order chi connectivity index (χ0) is 20.9. The van der Waals surface area contributed by atoms with Crippen molar-refractivity contribution in [3.8, 4) is 0 Å². The summed E-state index contributed by atoms with van der Waals surface area (Å²) in [6.45, 7) is 13.2. The third-order valence-electron chi connectivity index (χ3n) is 3.62. The number of ether oxygens (including phenoxy) is 1. The number of hydrogen-bond donors (Lipinski definition) is 3. The number of thiazole rings is 1. The Balaban J connectivity index is 2.91. The van der Waals surface area contributed by atoms with Crippen molar-refractivity contribution in [3.63, 3.8) is 0 Å². The number of nitrogens with one attached hydrogen (secondary N) is 2. The van der Waals surface area contributed by atoms with Gasteiger partial charge in [-0.2, -0.15) is 0 Å². The average molecular weight is 415 g/mol. The Kier molecular flexibility index (Phi) is 8.16. The van der Waals surface area contributed by atoms with Gasteiger partial charge in [-0.15, -0.1) is 11.3 Å². The quantitative estimate of drug-likeness (QED) is 0.590. The molecule has 0 saturated carbocycles. The molecule has 7 nitrogen and oxygen atoms in total. The van der Waals surface area contributed by atoms with Crippen molar-refractivity contribution in [1.82, 2.24) is 15.6 Å². The van der Waals surface area contributed by atoms with Gasteiger partial charge in [-0.05, 0) is 32.6 Å². The monoisotopic (exact) mass is 414 g/mol. The number of hydrogen-bond acceptors (Lipinski definition) is 6. The first kappa shape index (κ1) is 23.3. The van der Waals surface area contributed by atoms with Crippen molar-refractivity contribution in [2.24, 2.45) is 17.6 Å². The Morgan fingerprint density at radius 2 is 1.78 bits per heavy atom. The Bertz CT molecular complexity index is 680.